The summed E-state index contributed by atoms with van der Waals surface area (Å²) in [4.78, 5) is 39.7. The average Bonchev–Trinajstić information content (AvgIpc) is 2.98. The van der Waals surface area contributed by atoms with E-state index < -0.39 is 28.4 Å². The summed E-state index contributed by atoms with van der Waals surface area (Å²) >= 11 is 5.99. The number of ketones is 1. The third-order valence-corrected chi connectivity index (χ3v) is 5.31. The van der Waals surface area contributed by atoms with E-state index in [0.29, 0.717) is 30.1 Å². The zero-order valence-corrected chi connectivity index (χ0v) is 17.9. The van der Waals surface area contributed by atoms with E-state index in [4.69, 9.17) is 11.6 Å². The van der Waals surface area contributed by atoms with Crippen LogP contribution in [0.25, 0.3) is 5.76 Å². The molecule has 1 aliphatic rings. The zero-order chi connectivity index (χ0) is 22.7. The molecule has 1 N–H and O–H groups in total. The van der Waals surface area contributed by atoms with E-state index in [-0.39, 0.29) is 16.8 Å². The van der Waals surface area contributed by atoms with Crippen molar-refractivity contribution in [2.24, 2.45) is 0 Å². The number of nitro groups is 1. The summed E-state index contributed by atoms with van der Waals surface area (Å²) in [6.07, 6.45) is 0.626. The lowest BCUT2D eigenvalue weighted by atomic mass is 9.95. The number of nitrogens with zero attached hydrogens (tertiary/aromatic N) is 3. The second-order valence-electron chi connectivity index (χ2n) is 7.51. The molecule has 0 bridgehead atoms. The average molecular weight is 444 g/mol. The highest BCUT2D eigenvalue weighted by atomic mass is 35.5. The minimum atomic E-state index is -0.825. The number of Topliss-reactive ketones (excluding diaryl/α,β-unsaturated/α-hetero) is 1. The number of carbonyl (C=O) groups excluding carboxylic acids is 2. The van der Waals surface area contributed by atoms with Gasteiger partial charge in [0.1, 0.15) is 5.76 Å². The lowest BCUT2D eigenvalue weighted by Crippen LogP contribution is -2.32. The topological polar surface area (TPSA) is 104 Å². The fourth-order valence-electron chi connectivity index (χ4n) is 3.58. The van der Waals surface area contributed by atoms with Crippen LogP contribution in [0.5, 0.6) is 0 Å². The highest BCUT2D eigenvalue weighted by Gasteiger charge is 2.45. The Hall–Kier alpha value is -3.23. The number of halogens is 1. The predicted octanol–water partition coefficient (Wildman–Crippen LogP) is 3.62. The highest BCUT2D eigenvalue weighted by molar-refractivity contribution is 6.46. The fraction of sp³-hybridized carbons (Fsp3) is 0.273. The zero-order valence-electron chi connectivity index (χ0n) is 17.1. The van der Waals surface area contributed by atoms with E-state index in [9.17, 15) is 24.8 Å². The molecule has 0 aliphatic carbocycles. The highest BCUT2D eigenvalue weighted by Crippen LogP contribution is 2.40. The van der Waals surface area contributed by atoms with Crippen LogP contribution in [0.4, 0.5) is 5.69 Å². The van der Waals surface area contributed by atoms with E-state index in [0.717, 1.165) is 0 Å². The van der Waals surface area contributed by atoms with Gasteiger partial charge in [0, 0.05) is 29.3 Å². The Morgan fingerprint density at radius 1 is 1.19 bits per heavy atom. The maximum Gasteiger partial charge on any atom is 0.295 e. The third-order valence-electron chi connectivity index (χ3n) is 5.06. The van der Waals surface area contributed by atoms with Gasteiger partial charge in [-0.15, -0.1) is 0 Å². The van der Waals surface area contributed by atoms with Crippen LogP contribution in [0, 0.1) is 10.1 Å². The lowest BCUT2D eigenvalue weighted by molar-refractivity contribution is -0.384. The van der Waals surface area contributed by atoms with E-state index in [2.05, 4.69) is 0 Å². The van der Waals surface area contributed by atoms with Crippen molar-refractivity contribution in [2.45, 2.75) is 12.5 Å². The molecule has 2 aromatic rings. The molecule has 1 atom stereocenters. The molecule has 9 heteroatoms. The first-order chi connectivity index (χ1) is 14.7. The Morgan fingerprint density at radius 2 is 1.87 bits per heavy atom. The number of aliphatic hydroxyl groups is 1. The van der Waals surface area contributed by atoms with E-state index in [1.54, 1.807) is 24.3 Å². The smallest absolute Gasteiger partial charge is 0.295 e. The van der Waals surface area contributed by atoms with Gasteiger partial charge in [-0.05, 0) is 44.8 Å². The second-order valence-corrected chi connectivity index (χ2v) is 7.94. The first kappa shape index (κ1) is 22.5. The Morgan fingerprint density at radius 3 is 2.48 bits per heavy atom. The Balaban J connectivity index is 2.11. The molecule has 8 nitrogen and oxygen atoms in total. The molecule has 1 aliphatic heterocycles. The normalized spacial score (nSPS) is 18.1. The van der Waals surface area contributed by atoms with Crippen LogP contribution >= 0.6 is 11.6 Å². The first-order valence-corrected chi connectivity index (χ1v) is 10.0. The maximum absolute atomic E-state index is 12.9. The number of aliphatic hydroxyl groups excluding tert-OH is 1. The molecule has 1 amide bonds. The van der Waals surface area contributed by atoms with Gasteiger partial charge in [0.25, 0.3) is 17.4 Å². The number of amides is 1. The molecule has 2 aromatic carbocycles. The number of non-ortho nitro benzene ring substituents is 1. The van der Waals surface area contributed by atoms with Gasteiger partial charge in [0.2, 0.25) is 0 Å². The van der Waals surface area contributed by atoms with Gasteiger partial charge >= 0.3 is 0 Å². The SMILES string of the molecule is CN(C)CCCN1C(=O)C(=O)/C(=C(\O)c2cccc([N+](=O)[O-])c2)C1c1ccc(Cl)cc1. The third kappa shape index (κ3) is 4.76. The predicted molar refractivity (Wildman–Crippen MR) is 117 cm³/mol. The number of benzene rings is 2. The van der Waals surface area contributed by atoms with Crippen molar-refractivity contribution in [3.63, 3.8) is 0 Å². The van der Waals surface area contributed by atoms with Crippen molar-refractivity contribution < 1.29 is 19.6 Å². The molecule has 1 heterocycles. The summed E-state index contributed by atoms with van der Waals surface area (Å²) in [6.45, 7) is 1.02. The number of rotatable bonds is 7. The fourth-order valence-corrected chi connectivity index (χ4v) is 3.71. The number of hydrogen-bond donors (Lipinski definition) is 1. The first-order valence-electron chi connectivity index (χ1n) is 9.64. The van der Waals surface area contributed by atoms with Crippen LogP contribution in [0.15, 0.2) is 54.1 Å². The molecule has 162 valence electrons. The van der Waals surface area contributed by atoms with Crippen molar-refractivity contribution >= 4 is 34.7 Å². The van der Waals surface area contributed by atoms with Crippen LogP contribution < -0.4 is 0 Å². The number of nitro benzene ring substituents is 1. The van der Waals surface area contributed by atoms with Gasteiger partial charge in [-0.3, -0.25) is 19.7 Å². The summed E-state index contributed by atoms with van der Waals surface area (Å²) in [5, 5.41) is 22.6. The van der Waals surface area contributed by atoms with E-state index in [1.807, 2.05) is 19.0 Å². The minimum absolute atomic E-state index is 0.0967. The monoisotopic (exact) mass is 443 g/mol. The quantitative estimate of drug-likeness (QED) is 0.230. The summed E-state index contributed by atoms with van der Waals surface area (Å²) in [6, 6.07) is 11.2. The van der Waals surface area contributed by atoms with Crippen molar-refractivity contribution in [2.75, 3.05) is 27.2 Å². The largest absolute Gasteiger partial charge is 0.507 e. The second kappa shape index (κ2) is 9.28. The van der Waals surface area contributed by atoms with Crippen molar-refractivity contribution in [1.82, 2.24) is 9.80 Å². The summed E-state index contributed by atoms with van der Waals surface area (Å²) in [5.74, 6) is -1.99. The van der Waals surface area contributed by atoms with Gasteiger partial charge in [-0.2, -0.15) is 0 Å². The molecule has 1 unspecified atom stereocenters. The minimum Gasteiger partial charge on any atom is -0.507 e. The molecular weight excluding hydrogens is 422 g/mol. The molecule has 0 saturated carbocycles. The van der Waals surface area contributed by atoms with Crippen LogP contribution in [-0.2, 0) is 9.59 Å². The molecule has 31 heavy (non-hydrogen) atoms. The van der Waals surface area contributed by atoms with Gasteiger partial charge < -0.3 is 14.9 Å². The molecule has 0 spiro atoms. The lowest BCUT2D eigenvalue weighted by Gasteiger charge is -2.26. The standard InChI is InChI=1S/C22H22ClN3O5/c1-24(2)11-4-12-25-19(14-7-9-16(23)10-8-14)18(21(28)22(25)29)20(27)15-5-3-6-17(13-15)26(30)31/h3,5-10,13,19,27H,4,11-12H2,1-2H3/b20-18-. The Kier molecular flexibility index (Phi) is 6.72. The molecule has 1 saturated heterocycles. The number of hydrogen-bond acceptors (Lipinski definition) is 6. The number of likely N-dealkylation sites (tertiary alicyclic amines) is 1. The van der Waals surface area contributed by atoms with Crippen molar-refractivity contribution in [3.05, 3.63) is 80.4 Å². The van der Waals surface area contributed by atoms with Crippen molar-refractivity contribution in [3.8, 4) is 0 Å². The van der Waals surface area contributed by atoms with Gasteiger partial charge in [-0.1, -0.05) is 35.9 Å². The molecule has 0 radical (unpaired) electrons. The van der Waals surface area contributed by atoms with Gasteiger partial charge in [-0.25, -0.2) is 0 Å². The van der Waals surface area contributed by atoms with E-state index >= 15 is 0 Å². The van der Waals surface area contributed by atoms with Gasteiger partial charge in [0.15, 0.2) is 0 Å². The molecule has 0 aromatic heterocycles. The van der Waals surface area contributed by atoms with Crippen LogP contribution in [0.1, 0.15) is 23.6 Å². The summed E-state index contributed by atoms with van der Waals surface area (Å²) in [7, 11) is 3.82. The van der Waals surface area contributed by atoms with E-state index in [1.165, 1.54) is 29.2 Å². The van der Waals surface area contributed by atoms with Gasteiger partial charge in [0.05, 0.1) is 16.5 Å². The van der Waals surface area contributed by atoms with Crippen molar-refractivity contribution in [1.29, 1.82) is 0 Å². The Labute approximate surface area is 184 Å². The summed E-state index contributed by atoms with van der Waals surface area (Å²) < 4.78 is 0. The number of carbonyl (C=O) groups is 2. The van der Waals surface area contributed by atoms with Crippen LogP contribution in [0.3, 0.4) is 0 Å². The Bertz CT molecular complexity index is 1050. The molecule has 1 fully saturated rings. The van der Waals surface area contributed by atoms with Crippen LogP contribution in [-0.4, -0.2) is 58.7 Å². The summed E-state index contributed by atoms with van der Waals surface area (Å²) in [5.41, 5.74) is 0.380. The maximum atomic E-state index is 12.9. The molecular formula is C22H22ClN3O5. The molecule has 3 rings (SSSR count). The van der Waals surface area contributed by atoms with Crippen LogP contribution in [0.2, 0.25) is 5.02 Å².